The van der Waals surface area contributed by atoms with Crippen LogP contribution in [0.25, 0.3) is 0 Å². The molecule has 0 unspecified atom stereocenters. The maximum Gasteiger partial charge on any atom is 0.264 e. The minimum atomic E-state index is -0.368. The van der Waals surface area contributed by atoms with Crippen molar-refractivity contribution in [1.29, 1.82) is 0 Å². The van der Waals surface area contributed by atoms with Gasteiger partial charge in [0.15, 0.2) is 18.1 Å². The van der Waals surface area contributed by atoms with Crippen molar-refractivity contribution in [2.45, 2.75) is 6.42 Å². The Kier molecular flexibility index (Phi) is 6.48. The van der Waals surface area contributed by atoms with E-state index in [0.717, 1.165) is 0 Å². The highest BCUT2D eigenvalue weighted by Crippen LogP contribution is 2.35. The molecule has 0 saturated heterocycles. The van der Waals surface area contributed by atoms with E-state index < -0.39 is 0 Å². The highest BCUT2D eigenvalue weighted by molar-refractivity contribution is 7.15. The number of aromatic nitrogens is 2. The van der Waals surface area contributed by atoms with Gasteiger partial charge in [-0.15, -0.1) is 10.2 Å². The zero-order valence-electron chi connectivity index (χ0n) is 16.1. The average molecular weight is 461 g/mol. The Labute approximate surface area is 186 Å². The van der Waals surface area contributed by atoms with E-state index in [1.165, 1.54) is 11.3 Å². The van der Waals surface area contributed by atoms with Crippen molar-refractivity contribution < 1.29 is 23.8 Å². The van der Waals surface area contributed by atoms with Gasteiger partial charge in [-0.3, -0.25) is 14.9 Å². The lowest BCUT2D eigenvalue weighted by Gasteiger charge is -2.06. The van der Waals surface area contributed by atoms with Gasteiger partial charge in [-0.25, -0.2) is 0 Å². The standard InChI is InChI=1S/C20H17ClN4O5S/c21-14-4-2-1-3-13(14)19(27)22-8-7-18-24-25-20(31-18)23-17(26)10-28-12-5-6-15-16(9-12)30-11-29-15/h1-6,9H,7-8,10-11H2,(H,22,27)(H,23,25,26). The second kappa shape index (κ2) is 9.63. The van der Waals surface area contributed by atoms with Crippen molar-refractivity contribution in [3.8, 4) is 17.2 Å². The number of hydrogen-bond donors (Lipinski definition) is 2. The van der Waals surface area contributed by atoms with Crippen LogP contribution >= 0.6 is 22.9 Å². The lowest BCUT2D eigenvalue weighted by Crippen LogP contribution is -2.25. The highest BCUT2D eigenvalue weighted by Gasteiger charge is 2.15. The Balaban J connectivity index is 1.21. The van der Waals surface area contributed by atoms with E-state index in [-0.39, 0.29) is 25.2 Å². The zero-order valence-corrected chi connectivity index (χ0v) is 17.7. The fourth-order valence-electron chi connectivity index (χ4n) is 2.70. The maximum atomic E-state index is 12.1. The molecule has 11 heteroatoms. The molecule has 1 aromatic heterocycles. The molecular weight excluding hydrogens is 444 g/mol. The van der Waals surface area contributed by atoms with Gasteiger partial charge in [0.25, 0.3) is 11.8 Å². The fraction of sp³-hybridized carbons (Fsp3) is 0.200. The van der Waals surface area contributed by atoms with Crippen LogP contribution in [0.1, 0.15) is 15.4 Å². The Morgan fingerprint density at radius 1 is 1.13 bits per heavy atom. The van der Waals surface area contributed by atoms with Crippen molar-refractivity contribution in [3.05, 3.63) is 58.1 Å². The molecule has 1 aliphatic rings. The number of hydrogen-bond acceptors (Lipinski definition) is 8. The Morgan fingerprint density at radius 3 is 2.84 bits per heavy atom. The van der Waals surface area contributed by atoms with Gasteiger partial charge in [-0.2, -0.15) is 0 Å². The van der Waals surface area contributed by atoms with Crippen LogP contribution in [0, 0.1) is 0 Å². The van der Waals surface area contributed by atoms with E-state index in [1.807, 2.05) is 0 Å². The fourth-order valence-corrected chi connectivity index (χ4v) is 3.68. The number of ether oxygens (including phenoxy) is 3. The number of amides is 2. The third-order valence-electron chi connectivity index (χ3n) is 4.17. The third kappa shape index (κ3) is 5.41. The molecule has 2 aromatic carbocycles. The number of benzene rings is 2. The summed E-state index contributed by atoms with van der Waals surface area (Å²) in [4.78, 5) is 24.2. The molecule has 31 heavy (non-hydrogen) atoms. The van der Waals surface area contributed by atoms with E-state index in [0.29, 0.717) is 50.9 Å². The number of nitrogens with zero attached hydrogens (tertiary/aromatic N) is 2. The second-order valence-electron chi connectivity index (χ2n) is 6.34. The first-order valence-electron chi connectivity index (χ1n) is 9.26. The molecule has 0 bridgehead atoms. The number of carbonyl (C=O) groups is 2. The van der Waals surface area contributed by atoms with E-state index >= 15 is 0 Å². The predicted octanol–water partition coefficient (Wildman–Crippen LogP) is 2.91. The Morgan fingerprint density at radius 2 is 1.97 bits per heavy atom. The first kappa shape index (κ1) is 20.9. The molecule has 2 amide bonds. The molecule has 2 N–H and O–H groups in total. The molecule has 0 atom stereocenters. The van der Waals surface area contributed by atoms with Crippen LogP contribution < -0.4 is 24.8 Å². The molecule has 1 aliphatic heterocycles. The molecule has 160 valence electrons. The van der Waals surface area contributed by atoms with Crippen molar-refractivity contribution in [2.24, 2.45) is 0 Å². The van der Waals surface area contributed by atoms with Gasteiger partial charge >= 0.3 is 0 Å². The quantitative estimate of drug-likeness (QED) is 0.531. The molecule has 4 rings (SSSR count). The minimum Gasteiger partial charge on any atom is -0.484 e. The van der Waals surface area contributed by atoms with Crippen molar-refractivity contribution in [3.63, 3.8) is 0 Å². The van der Waals surface area contributed by atoms with Gasteiger partial charge in [0, 0.05) is 19.0 Å². The zero-order chi connectivity index (χ0) is 21.6. The minimum absolute atomic E-state index is 0.169. The molecular formula is C20H17ClN4O5S. The molecule has 9 nitrogen and oxygen atoms in total. The molecule has 3 aromatic rings. The smallest absolute Gasteiger partial charge is 0.264 e. The first-order valence-corrected chi connectivity index (χ1v) is 10.5. The summed E-state index contributed by atoms with van der Waals surface area (Å²) in [7, 11) is 0. The lowest BCUT2D eigenvalue weighted by atomic mass is 10.2. The van der Waals surface area contributed by atoms with Crippen molar-refractivity contribution >= 4 is 39.9 Å². The van der Waals surface area contributed by atoms with E-state index in [1.54, 1.807) is 42.5 Å². The second-order valence-corrected chi connectivity index (χ2v) is 7.81. The van der Waals surface area contributed by atoms with Gasteiger partial charge in [-0.05, 0) is 24.3 Å². The topological polar surface area (TPSA) is 112 Å². The predicted molar refractivity (Wildman–Crippen MR) is 114 cm³/mol. The van der Waals surface area contributed by atoms with Crippen LogP contribution in [0.15, 0.2) is 42.5 Å². The summed E-state index contributed by atoms with van der Waals surface area (Å²) in [5.74, 6) is 1.08. The lowest BCUT2D eigenvalue weighted by molar-refractivity contribution is -0.118. The molecule has 0 saturated carbocycles. The molecule has 0 spiro atoms. The van der Waals surface area contributed by atoms with Crippen LogP contribution in [-0.4, -0.2) is 42.0 Å². The third-order valence-corrected chi connectivity index (χ3v) is 5.40. The van der Waals surface area contributed by atoms with Crippen LogP contribution in [0.2, 0.25) is 5.02 Å². The average Bonchev–Trinajstić information content (AvgIpc) is 3.41. The molecule has 0 fully saturated rings. The maximum absolute atomic E-state index is 12.1. The SMILES string of the molecule is O=C(COc1ccc2c(c1)OCO2)Nc1nnc(CCNC(=O)c2ccccc2Cl)s1. The van der Waals surface area contributed by atoms with E-state index in [4.69, 9.17) is 25.8 Å². The Bertz CT molecular complexity index is 1110. The van der Waals surface area contributed by atoms with Crippen molar-refractivity contribution in [1.82, 2.24) is 15.5 Å². The number of carbonyl (C=O) groups excluding carboxylic acids is 2. The van der Waals surface area contributed by atoms with Gasteiger partial charge in [0.05, 0.1) is 10.6 Å². The van der Waals surface area contributed by atoms with Crippen LogP contribution in [0.5, 0.6) is 17.2 Å². The number of halogens is 1. The monoisotopic (exact) mass is 460 g/mol. The Hall–Kier alpha value is -3.37. The summed E-state index contributed by atoms with van der Waals surface area (Å²) < 4.78 is 16.0. The number of fused-ring (bicyclic) bond motifs is 1. The highest BCUT2D eigenvalue weighted by atomic mass is 35.5. The van der Waals surface area contributed by atoms with Gasteiger partial charge in [0.1, 0.15) is 10.8 Å². The van der Waals surface area contributed by atoms with Gasteiger partial charge < -0.3 is 19.5 Å². The van der Waals surface area contributed by atoms with Crippen molar-refractivity contribution in [2.75, 3.05) is 25.3 Å². The van der Waals surface area contributed by atoms with Crippen LogP contribution in [0.3, 0.4) is 0 Å². The summed E-state index contributed by atoms with van der Waals surface area (Å²) in [6, 6.07) is 11.9. The number of nitrogens with one attached hydrogen (secondary N) is 2. The van der Waals surface area contributed by atoms with Gasteiger partial charge in [0.2, 0.25) is 11.9 Å². The number of rotatable bonds is 8. The summed E-state index contributed by atoms with van der Waals surface area (Å²) in [5, 5.41) is 14.8. The normalized spacial score (nSPS) is 11.8. The summed E-state index contributed by atoms with van der Waals surface area (Å²) in [6.45, 7) is 0.338. The number of anilines is 1. The van der Waals surface area contributed by atoms with E-state index in [2.05, 4.69) is 20.8 Å². The van der Waals surface area contributed by atoms with Gasteiger partial charge in [-0.1, -0.05) is 35.1 Å². The first-order chi connectivity index (χ1) is 15.1. The summed E-state index contributed by atoms with van der Waals surface area (Å²) >= 11 is 7.24. The largest absolute Gasteiger partial charge is 0.484 e. The summed E-state index contributed by atoms with van der Waals surface area (Å²) in [5.41, 5.74) is 0.414. The van der Waals surface area contributed by atoms with Crippen LogP contribution in [-0.2, 0) is 11.2 Å². The van der Waals surface area contributed by atoms with E-state index in [9.17, 15) is 9.59 Å². The molecule has 2 heterocycles. The van der Waals surface area contributed by atoms with Crippen LogP contribution in [0.4, 0.5) is 5.13 Å². The molecule has 0 aliphatic carbocycles. The summed E-state index contributed by atoms with van der Waals surface area (Å²) in [6.07, 6.45) is 0.470. The molecule has 0 radical (unpaired) electrons.